The first-order chi connectivity index (χ1) is 14.0. The summed E-state index contributed by atoms with van der Waals surface area (Å²) in [5.74, 6) is 0. The summed E-state index contributed by atoms with van der Waals surface area (Å²) in [5, 5.41) is 1.59. The molecule has 0 saturated carbocycles. The fourth-order valence-corrected chi connectivity index (χ4v) is 12.3. The number of halogens is 3. The van der Waals surface area contributed by atoms with E-state index in [0.717, 1.165) is 21.2 Å². The van der Waals surface area contributed by atoms with E-state index < -0.39 is 5.31 Å². The molecule has 4 rings (SSSR count). The third-order valence-corrected chi connectivity index (χ3v) is 16.2. The molecule has 0 aliphatic rings. The zero-order valence-electron chi connectivity index (χ0n) is 15.7. The quantitative estimate of drug-likeness (QED) is 0.228. The maximum absolute atomic E-state index is 6.78. The Kier molecular flexibility index (Phi) is 6.00. The number of benzene rings is 4. The first kappa shape index (κ1) is 20.8. The molecule has 4 aromatic carbocycles. The average Bonchev–Trinajstić information content (AvgIpc) is 2.79. The minimum atomic E-state index is -3.03. The van der Waals surface area contributed by atoms with Gasteiger partial charge in [0.1, 0.15) is 0 Å². The molecule has 0 radical (unpaired) electrons. The molecule has 0 aliphatic heterocycles. The van der Waals surface area contributed by atoms with Crippen LogP contribution in [0.15, 0.2) is 114 Å². The third-order valence-electron chi connectivity index (χ3n) is 5.38. The fourth-order valence-electron chi connectivity index (χ4n) is 3.93. The van der Waals surface area contributed by atoms with Crippen molar-refractivity contribution in [3.63, 3.8) is 0 Å². The standard InChI is InChI=1S/C25H20Br2ClP/c26-24-18-10-11-20(25(24)28)19-29(27,21-12-4-1-5-13-21,22-14-6-2-7-15-22)23-16-8-3-9-17-23/h1-18H,19H2. The van der Waals surface area contributed by atoms with Gasteiger partial charge in [0.05, 0.1) is 0 Å². The maximum atomic E-state index is 6.78. The Morgan fingerprint density at radius 3 is 1.41 bits per heavy atom. The molecule has 4 heteroatoms. The van der Waals surface area contributed by atoms with Gasteiger partial charge in [0, 0.05) is 0 Å². The van der Waals surface area contributed by atoms with E-state index in [-0.39, 0.29) is 0 Å². The predicted molar refractivity (Wildman–Crippen MR) is 137 cm³/mol. The van der Waals surface area contributed by atoms with E-state index in [1.54, 1.807) is 0 Å². The summed E-state index contributed by atoms with van der Waals surface area (Å²) in [4.78, 5) is 0. The van der Waals surface area contributed by atoms with Crippen molar-refractivity contribution in [2.24, 2.45) is 0 Å². The molecule has 146 valence electrons. The molecule has 0 fully saturated rings. The summed E-state index contributed by atoms with van der Waals surface area (Å²) < 4.78 is 0.920. The molecular formula is C25H20Br2ClP. The van der Waals surface area contributed by atoms with Crippen LogP contribution in [0.4, 0.5) is 0 Å². The van der Waals surface area contributed by atoms with Gasteiger partial charge in [0.25, 0.3) is 0 Å². The van der Waals surface area contributed by atoms with Gasteiger partial charge < -0.3 is 0 Å². The van der Waals surface area contributed by atoms with E-state index in [9.17, 15) is 0 Å². The van der Waals surface area contributed by atoms with Gasteiger partial charge in [-0.1, -0.05) is 0 Å². The van der Waals surface area contributed by atoms with Crippen LogP contribution in [0.3, 0.4) is 0 Å². The van der Waals surface area contributed by atoms with E-state index in [1.807, 2.05) is 6.07 Å². The number of hydrogen-bond donors (Lipinski definition) is 0. The van der Waals surface area contributed by atoms with Crippen molar-refractivity contribution in [3.8, 4) is 0 Å². The van der Waals surface area contributed by atoms with Crippen molar-refractivity contribution in [3.05, 3.63) is 124 Å². The van der Waals surface area contributed by atoms with Gasteiger partial charge >= 0.3 is 195 Å². The molecule has 0 spiro atoms. The van der Waals surface area contributed by atoms with Crippen LogP contribution in [0, 0.1) is 0 Å². The molecule has 0 saturated heterocycles. The summed E-state index contributed by atoms with van der Waals surface area (Å²) in [6.07, 6.45) is 0.780. The molecule has 0 amide bonds. The molecule has 4 aromatic rings. The predicted octanol–water partition coefficient (Wildman–Crippen LogP) is 7.44. The van der Waals surface area contributed by atoms with Crippen LogP contribution in [0.5, 0.6) is 0 Å². The molecule has 0 N–H and O–H groups in total. The van der Waals surface area contributed by atoms with E-state index in [2.05, 4.69) is 135 Å². The Bertz CT molecular complexity index is 1020. The normalized spacial score (nSPS) is 12.9. The molecule has 0 unspecified atom stereocenters. The first-order valence-corrected chi connectivity index (χ1v) is 15.0. The van der Waals surface area contributed by atoms with Crippen molar-refractivity contribution in [2.75, 3.05) is 0 Å². The molecule has 0 atom stereocenters. The van der Waals surface area contributed by atoms with E-state index in [0.29, 0.717) is 0 Å². The van der Waals surface area contributed by atoms with Crippen LogP contribution in [0.1, 0.15) is 5.56 Å². The Morgan fingerprint density at radius 2 is 1.00 bits per heavy atom. The Labute approximate surface area is 193 Å². The second-order valence-electron chi connectivity index (χ2n) is 7.06. The second-order valence-corrected chi connectivity index (χ2v) is 17.2. The molecule has 0 nitrogen and oxygen atoms in total. The topological polar surface area (TPSA) is 0 Å². The Hall–Kier alpha value is -1.44. The van der Waals surface area contributed by atoms with Crippen LogP contribution in [0.2, 0.25) is 5.02 Å². The van der Waals surface area contributed by atoms with Crippen molar-refractivity contribution in [1.29, 1.82) is 0 Å². The third kappa shape index (κ3) is 3.62. The molecular weight excluding hydrogens is 527 g/mol. The van der Waals surface area contributed by atoms with Crippen molar-refractivity contribution >= 4 is 64.2 Å². The number of rotatable bonds is 5. The van der Waals surface area contributed by atoms with Crippen molar-refractivity contribution < 1.29 is 0 Å². The van der Waals surface area contributed by atoms with Gasteiger partial charge in [-0.15, -0.1) is 0 Å². The average molecular weight is 547 g/mol. The molecule has 0 heterocycles. The van der Waals surface area contributed by atoms with Gasteiger partial charge in [-0.05, 0) is 0 Å². The fraction of sp³-hybridized carbons (Fsp3) is 0.0400. The van der Waals surface area contributed by atoms with E-state index >= 15 is 0 Å². The van der Waals surface area contributed by atoms with Gasteiger partial charge in [0.15, 0.2) is 0 Å². The monoisotopic (exact) mass is 544 g/mol. The number of hydrogen-bond acceptors (Lipinski definition) is 0. The second kappa shape index (κ2) is 8.36. The molecule has 0 bridgehead atoms. The molecule has 0 aromatic heterocycles. The van der Waals surface area contributed by atoms with Gasteiger partial charge in [-0.2, -0.15) is 0 Å². The van der Waals surface area contributed by atoms with Crippen molar-refractivity contribution in [1.82, 2.24) is 0 Å². The Balaban J connectivity index is 2.11. The summed E-state index contributed by atoms with van der Waals surface area (Å²) in [7, 11) is 0. The first-order valence-electron chi connectivity index (χ1n) is 9.36. The summed E-state index contributed by atoms with van der Waals surface area (Å²) >= 11 is 14.9. The summed E-state index contributed by atoms with van der Waals surface area (Å²) in [5.41, 5.74) is 1.12. The van der Waals surface area contributed by atoms with Crippen LogP contribution in [0.25, 0.3) is 0 Å². The Morgan fingerprint density at radius 1 is 0.586 bits per heavy atom. The van der Waals surface area contributed by atoms with E-state index in [4.69, 9.17) is 11.6 Å². The zero-order chi connectivity index (χ0) is 20.3. The summed E-state index contributed by atoms with van der Waals surface area (Å²) in [6, 6.07) is 38.5. The minimum absolute atomic E-state index is 0.767. The van der Waals surface area contributed by atoms with Crippen LogP contribution in [-0.4, -0.2) is 0 Å². The molecule has 29 heavy (non-hydrogen) atoms. The zero-order valence-corrected chi connectivity index (χ0v) is 20.5. The SMILES string of the molecule is Clc1c(Br)cccc1CP(Br)(c1ccccc1)(c1ccccc1)c1ccccc1. The van der Waals surface area contributed by atoms with Gasteiger partial charge in [-0.3, -0.25) is 0 Å². The summed E-state index contributed by atoms with van der Waals surface area (Å²) in [6.45, 7) is 0. The van der Waals surface area contributed by atoms with Gasteiger partial charge in [-0.25, -0.2) is 0 Å². The molecule has 0 aliphatic carbocycles. The van der Waals surface area contributed by atoms with Crippen LogP contribution in [-0.2, 0) is 6.16 Å². The van der Waals surface area contributed by atoms with Gasteiger partial charge in [0.2, 0.25) is 0 Å². The van der Waals surface area contributed by atoms with Crippen LogP contribution >= 0.6 is 48.3 Å². The van der Waals surface area contributed by atoms with Crippen LogP contribution < -0.4 is 15.9 Å². The van der Waals surface area contributed by atoms with E-state index in [1.165, 1.54) is 15.9 Å². The van der Waals surface area contributed by atoms with Crippen molar-refractivity contribution in [2.45, 2.75) is 6.16 Å².